The SMILES string of the molecule is COCC(=O)N(Cc1ccccn1)c1ccc(Oc2cccc(C)c2C)nc1. The first-order chi connectivity index (χ1) is 13.6. The Morgan fingerprint density at radius 2 is 1.89 bits per heavy atom. The van der Waals surface area contributed by atoms with Crippen molar-refractivity contribution in [2.45, 2.75) is 20.4 Å². The maximum atomic E-state index is 12.5. The molecule has 0 radical (unpaired) electrons. The average Bonchev–Trinajstić information content (AvgIpc) is 2.71. The van der Waals surface area contributed by atoms with Crippen molar-refractivity contribution in [1.29, 1.82) is 0 Å². The Bertz CT molecular complexity index is 928. The van der Waals surface area contributed by atoms with Crippen molar-refractivity contribution in [3.05, 3.63) is 77.7 Å². The highest BCUT2D eigenvalue weighted by Crippen LogP contribution is 2.27. The van der Waals surface area contributed by atoms with Crippen LogP contribution in [0.1, 0.15) is 16.8 Å². The van der Waals surface area contributed by atoms with Gasteiger partial charge in [0.25, 0.3) is 5.91 Å². The third-order valence-electron chi connectivity index (χ3n) is 4.42. The number of amides is 1. The second-order valence-corrected chi connectivity index (χ2v) is 6.39. The van der Waals surface area contributed by atoms with Crippen LogP contribution in [0.5, 0.6) is 11.6 Å². The van der Waals surface area contributed by atoms with Crippen LogP contribution in [0.3, 0.4) is 0 Å². The van der Waals surface area contributed by atoms with Gasteiger partial charge in [0, 0.05) is 19.4 Å². The average molecular weight is 377 g/mol. The number of ether oxygens (including phenoxy) is 2. The molecular formula is C22H23N3O3. The number of rotatable bonds is 7. The molecule has 3 rings (SSSR count). The number of aryl methyl sites for hydroxylation is 1. The lowest BCUT2D eigenvalue weighted by Crippen LogP contribution is -2.33. The summed E-state index contributed by atoms with van der Waals surface area (Å²) in [6.45, 7) is 4.36. The summed E-state index contributed by atoms with van der Waals surface area (Å²) in [7, 11) is 1.50. The largest absolute Gasteiger partial charge is 0.439 e. The van der Waals surface area contributed by atoms with Gasteiger partial charge in [-0.05, 0) is 49.2 Å². The number of nitrogens with zero attached hydrogens (tertiary/aromatic N) is 3. The molecule has 3 aromatic rings. The highest BCUT2D eigenvalue weighted by atomic mass is 16.5. The van der Waals surface area contributed by atoms with E-state index in [1.807, 2.05) is 56.3 Å². The fourth-order valence-corrected chi connectivity index (χ4v) is 2.72. The van der Waals surface area contributed by atoms with Crippen LogP contribution in [0.2, 0.25) is 0 Å². The Labute approximate surface area is 164 Å². The minimum atomic E-state index is -0.168. The number of benzene rings is 1. The van der Waals surface area contributed by atoms with Gasteiger partial charge in [-0.15, -0.1) is 0 Å². The molecule has 0 aliphatic carbocycles. The highest BCUT2D eigenvalue weighted by Gasteiger charge is 2.17. The molecule has 0 fully saturated rings. The number of carbonyl (C=O) groups is 1. The molecule has 6 heteroatoms. The van der Waals surface area contributed by atoms with Gasteiger partial charge < -0.3 is 14.4 Å². The van der Waals surface area contributed by atoms with Crippen LogP contribution < -0.4 is 9.64 Å². The van der Waals surface area contributed by atoms with Crippen molar-refractivity contribution in [3.63, 3.8) is 0 Å². The highest BCUT2D eigenvalue weighted by molar-refractivity contribution is 5.94. The fraction of sp³-hybridized carbons (Fsp3) is 0.227. The van der Waals surface area contributed by atoms with E-state index >= 15 is 0 Å². The molecule has 0 spiro atoms. The maximum Gasteiger partial charge on any atom is 0.253 e. The van der Waals surface area contributed by atoms with Crippen LogP contribution in [0, 0.1) is 13.8 Å². The predicted molar refractivity (Wildman–Crippen MR) is 108 cm³/mol. The third-order valence-corrected chi connectivity index (χ3v) is 4.42. The second-order valence-electron chi connectivity index (χ2n) is 6.39. The number of methoxy groups -OCH3 is 1. The van der Waals surface area contributed by atoms with Crippen molar-refractivity contribution < 1.29 is 14.3 Å². The van der Waals surface area contributed by atoms with E-state index < -0.39 is 0 Å². The van der Waals surface area contributed by atoms with Crippen LogP contribution in [-0.2, 0) is 16.1 Å². The van der Waals surface area contributed by atoms with Crippen LogP contribution in [0.4, 0.5) is 5.69 Å². The van der Waals surface area contributed by atoms with Crippen LogP contribution >= 0.6 is 0 Å². The topological polar surface area (TPSA) is 64.5 Å². The molecule has 0 aliphatic rings. The molecule has 0 unspecified atom stereocenters. The first kappa shape index (κ1) is 19.5. The lowest BCUT2D eigenvalue weighted by molar-refractivity contribution is -0.122. The number of carbonyl (C=O) groups excluding carboxylic acids is 1. The summed E-state index contributed by atoms with van der Waals surface area (Å²) in [6, 6.07) is 15.1. The molecular weight excluding hydrogens is 354 g/mol. The third kappa shape index (κ3) is 4.72. The van der Waals surface area contributed by atoms with Crippen molar-refractivity contribution in [3.8, 4) is 11.6 Å². The van der Waals surface area contributed by atoms with E-state index in [0.717, 1.165) is 22.6 Å². The molecule has 0 saturated heterocycles. The summed E-state index contributed by atoms with van der Waals surface area (Å²) in [4.78, 5) is 22.8. The van der Waals surface area contributed by atoms with E-state index in [-0.39, 0.29) is 12.5 Å². The summed E-state index contributed by atoms with van der Waals surface area (Å²) >= 11 is 0. The van der Waals surface area contributed by atoms with Gasteiger partial charge in [-0.2, -0.15) is 0 Å². The molecule has 0 saturated carbocycles. The van der Waals surface area contributed by atoms with Gasteiger partial charge in [0.15, 0.2) is 0 Å². The first-order valence-electron chi connectivity index (χ1n) is 8.98. The number of hydrogen-bond donors (Lipinski definition) is 0. The zero-order chi connectivity index (χ0) is 19.9. The van der Waals surface area contributed by atoms with Gasteiger partial charge in [0.1, 0.15) is 12.4 Å². The minimum absolute atomic E-state index is 0.0203. The molecule has 0 aliphatic heterocycles. The summed E-state index contributed by atoms with van der Waals surface area (Å²) in [5, 5.41) is 0. The summed E-state index contributed by atoms with van der Waals surface area (Å²) in [6.07, 6.45) is 3.32. The van der Waals surface area contributed by atoms with Crippen molar-refractivity contribution in [2.75, 3.05) is 18.6 Å². The van der Waals surface area contributed by atoms with Crippen LogP contribution in [-0.4, -0.2) is 29.6 Å². The van der Waals surface area contributed by atoms with Crippen molar-refractivity contribution in [2.24, 2.45) is 0 Å². The zero-order valence-corrected chi connectivity index (χ0v) is 16.3. The molecule has 0 bridgehead atoms. The lowest BCUT2D eigenvalue weighted by atomic mass is 10.1. The van der Waals surface area contributed by atoms with Gasteiger partial charge >= 0.3 is 0 Å². The molecule has 144 valence electrons. The normalized spacial score (nSPS) is 10.5. The molecule has 28 heavy (non-hydrogen) atoms. The predicted octanol–water partition coefficient (Wildman–Crippen LogP) is 4.07. The molecule has 0 atom stereocenters. The number of aromatic nitrogens is 2. The summed E-state index contributed by atoms with van der Waals surface area (Å²) in [5.74, 6) is 1.06. The Hall–Kier alpha value is -3.25. The van der Waals surface area contributed by atoms with E-state index in [4.69, 9.17) is 9.47 Å². The van der Waals surface area contributed by atoms with Crippen molar-refractivity contribution in [1.82, 2.24) is 9.97 Å². The van der Waals surface area contributed by atoms with Gasteiger partial charge in [0.05, 0.1) is 24.1 Å². The minimum Gasteiger partial charge on any atom is -0.439 e. The Balaban J connectivity index is 1.81. The molecule has 1 aromatic carbocycles. The number of pyridine rings is 2. The Morgan fingerprint density at radius 1 is 1.04 bits per heavy atom. The maximum absolute atomic E-state index is 12.5. The fourth-order valence-electron chi connectivity index (χ4n) is 2.72. The van der Waals surface area contributed by atoms with Crippen molar-refractivity contribution >= 4 is 11.6 Å². The molecule has 6 nitrogen and oxygen atoms in total. The molecule has 2 heterocycles. The van der Waals surface area contributed by atoms with E-state index in [1.54, 1.807) is 23.4 Å². The van der Waals surface area contributed by atoms with Gasteiger partial charge in [-0.25, -0.2) is 4.98 Å². The molecule has 1 amide bonds. The van der Waals surface area contributed by atoms with Crippen LogP contribution in [0.25, 0.3) is 0 Å². The monoisotopic (exact) mass is 377 g/mol. The Kier molecular flexibility index (Phi) is 6.34. The summed E-state index contributed by atoms with van der Waals surface area (Å²) < 4.78 is 10.9. The molecule has 2 aromatic heterocycles. The zero-order valence-electron chi connectivity index (χ0n) is 16.3. The van der Waals surface area contributed by atoms with E-state index in [1.165, 1.54) is 7.11 Å². The standard InChI is InChI=1S/C22H23N3O3/c1-16-7-6-9-20(17(16)2)28-21-11-10-19(13-24-21)25(22(26)15-27-3)14-18-8-4-5-12-23-18/h4-13H,14-15H2,1-3H3. The van der Waals surface area contributed by atoms with E-state index in [9.17, 15) is 4.79 Å². The summed E-state index contributed by atoms with van der Waals surface area (Å²) in [5.41, 5.74) is 3.66. The number of hydrogen-bond acceptors (Lipinski definition) is 5. The molecule has 0 N–H and O–H groups in total. The Morgan fingerprint density at radius 3 is 2.57 bits per heavy atom. The second kappa shape index (κ2) is 9.10. The van der Waals surface area contributed by atoms with E-state index in [2.05, 4.69) is 9.97 Å². The van der Waals surface area contributed by atoms with Gasteiger partial charge in [0.2, 0.25) is 5.88 Å². The van der Waals surface area contributed by atoms with Gasteiger partial charge in [-0.3, -0.25) is 9.78 Å². The lowest BCUT2D eigenvalue weighted by Gasteiger charge is -2.22. The first-order valence-corrected chi connectivity index (χ1v) is 8.98. The van der Waals surface area contributed by atoms with Crippen LogP contribution in [0.15, 0.2) is 60.9 Å². The number of anilines is 1. The smallest absolute Gasteiger partial charge is 0.253 e. The van der Waals surface area contributed by atoms with Gasteiger partial charge in [-0.1, -0.05) is 18.2 Å². The quantitative estimate of drug-likeness (QED) is 0.621. The van der Waals surface area contributed by atoms with E-state index in [0.29, 0.717) is 18.1 Å².